The van der Waals surface area contributed by atoms with Gasteiger partial charge >= 0.3 is 0 Å². The molecule has 2 heterocycles. The minimum Gasteiger partial charge on any atom is -0.323 e. The maximum Gasteiger partial charge on any atom is 0.237 e. The summed E-state index contributed by atoms with van der Waals surface area (Å²) in [5.41, 5.74) is 2.89. The summed E-state index contributed by atoms with van der Waals surface area (Å²) in [7, 11) is 0. The number of hydrogen-bond donors (Lipinski definition) is 1. The lowest BCUT2D eigenvalue weighted by Crippen LogP contribution is -2.23. The number of carbonyl (C=O) groups excluding carboxylic acids is 1. The second kappa shape index (κ2) is 7.41. The van der Waals surface area contributed by atoms with Crippen LogP contribution in [-0.2, 0) is 4.79 Å². The van der Waals surface area contributed by atoms with Crippen LogP contribution >= 0.6 is 23.4 Å². The predicted octanol–water partition coefficient (Wildman–Crippen LogP) is 5.10. The van der Waals surface area contributed by atoms with E-state index in [2.05, 4.69) is 15.5 Å². The Balaban J connectivity index is 1.62. The van der Waals surface area contributed by atoms with Crippen LogP contribution in [0.2, 0.25) is 5.02 Å². The largest absolute Gasteiger partial charge is 0.323 e. The lowest BCUT2D eigenvalue weighted by Gasteiger charge is -2.12. The number of carbonyl (C=O) groups is 1. The number of rotatable bonds is 4. The van der Waals surface area contributed by atoms with Crippen LogP contribution in [0.3, 0.4) is 0 Å². The Kier molecular flexibility index (Phi) is 4.95. The molecule has 0 fully saturated rings. The van der Waals surface area contributed by atoms with Crippen molar-refractivity contribution in [3.8, 4) is 0 Å². The second-order valence-corrected chi connectivity index (χ2v) is 8.14. The number of halogens is 2. The molecule has 0 aliphatic rings. The van der Waals surface area contributed by atoms with Gasteiger partial charge in [0.05, 0.1) is 16.5 Å². The number of pyridine rings is 1. The molecule has 0 saturated heterocycles. The van der Waals surface area contributed by atoms with Gasteiger partial charge in [0.25, 0.3) is 0 Å². The van der Waals surface area contributed by atoms with Gasteiger partial charge in [-0.15, -0.1) is 10.2 Å². The number of nitrogens with zero attached hydrogens (tertiary/aromatic N) is 3. The Bertz CT molecular complexity index is 1210. The molecule has 5 nitrogen and oxygen atoms in total. The van der Waals surface area contributed by atoms with Gasteiger partial charge in [0.2, 0.25) is 5.91 Å². The molecule has 1 atom stereocenters. The van der Waals surface area contributed by atoms with Gasteiger partial charge in [0, 0.05) is 10.4 Å². The van der Waals surface area contributed by atoms with Crippen molar-refractivity contribution in [2.75, 3.05) is 5.32 Å². The zero-order chi connectivity index (χ0) is 19.8. The number of benzene rings is 2. The lowest BCUT2D eigenvalue weighted by molar-refractivity contribution is -0.115. The van der Waals surface area contributed by atoms with Crippen LogP contribution in [0.5, 0.6) is 0 Å². The monoisotopic (exact) mass is 414 g/mol. The van der Waals surface area contributed by atoms with E-state index in [1.54, 1.807) is 6.92 Å². The molecule has 1 unspecified atom stereocenters. The SMILES string of the molecule is Cc1cc2nnc(SC(C)C(=O)Nc3ccc(Cl)cc3F)n2c2ccccc12. The summed E-state index contributed by atoms with van der Waals surface area (Å²) < 4.78 is 15.9. The van der Waals surface area contributed by atoms with E-state index in [0.717, 1.165) is 28.2 Å². The van der Waals surface area contributed by atoms with Crippen LogP contribution in [0.25, 0.3) is 16.6 Å². The highest BCUT2D eigenvalue weighted by molar-refractivity contribution is 8.00. The van der Waals surface area contributed by atoms with E-state index in [9.17, 15) is 9.18 Å². The van der Waals surface area contributed by atoms with E-state index in [4.69, 9.17) is 11.6 Å². The van der Waals surface area contributed by atoms with Gasteiger partial charge in [0.1, 0.15) is 5.82 Å². The first-order valence-electron chi connectivity index (χ1n) is 8.60. The molecule has 2 aromatic heterocycles. The fourth-order valence-corrected chi connectivity index (χ4v) is 4.01. The van der Waals surface area contributed by atoms with Gasteiger partial charge in [-0.3, -0.25) is 9.20 Å². The maximum absolute atomic E-state index is 13.9. The summed E-state index contributed by atoms with van der Waals surface area (Å²) in [6.07, 6.45) is 0. The number of hydrogen-bond acceptors (Lipinski definition) is 4. The molecule has 4 rings (SSSR count). The summed E-state index contributed by atoms with van der Waals surface area (Å²) in [5.74, 6) is -0.910. The van der Waals surface area contributed by atoms with Crippen molar-refractivity contribution in [2.24, 2.45) is 0 Å². The van der Waals surface area contributed by atoms with E-state index in [-0.39, 0.29) is 16.6 Å². The number of aryl methyl sites for hydroxylation is 1. The van der Waals surface area contributed by atoms with Crippen molar-refractivity contribution in [3.05, 3.63) is 64.9 Å². The average molecular weight is 415 g/mol. The number of para-hydroxylation sites is 1. The van der Waals surface area contributed by atoms with Crippen LogP contribution in [-0.4, -0.2) is 25.8 Å². The number of fused-ring (bicyclic) bond motifs is 3. The van der Waals surface area contributed by atoms with Crippen molar-refractivity contribution < 1.29 is 9.18 Å². The molecule has 2 aromatic carbocycles. The first-order chi connectivity index (χ1) is 13.4. The Morgan fingerprint density at radius 1 is 1.21 bits per heavy atom. The molecule has 8 heteroatoms. The molecular weight excluding hydrogens is 399 g/mol. The third-order valence-electron chi connectivity index (χ3n) is 4.41. The Morgan fingerprint density at radius 2 is 2.00 bits per heavy atom. The molecule has 0 bridgehead atoms. The van der Waals surface area contributed by atoms with Crippen LogP contribution in [0.4, 0.5) is 10.1 Å². The molecule has 0 spiro atoms. The Morgan fingerprint density at radius 3 is 2.79 bits per heavy atom. The zero-order valence-corrected chi connectivity index (χ0v) is 16.7. The molecule has 142 valence electrons. The lowest BCUT2D eigenvalue weighted by atomic mass is 10.1. The first kappa shape index (κ1) is 18.7. The fourth-order valence-electron chi connectivity index (χ4n) is 2.99. The number of amides is 1. The van der Waals surface area contributed by atoms with E-state index < -0.39 is 11.1 Å². The molecule has 0 aliphatic carbocycles. The molecular formula is C20H16ClFN4OS. The standard InChI is InChI=1S/C20H16ClFN4OS/c1-11-9-18-24-25-20(26(18)17-6-4-3-5-14(11)17)28-12(2)19(27)23-16-8-7-13(21)10-15(16)22/h3-10,12H,1-2H3,(H,23,27). The smallest absolute Gasteiger partial charge is 0.237 e. The molecule has 28 heavy (non-hydrogen) atoms. The zero-order valence-electron chi connectivity index (χ0n) is 15.1. The second-order valence-electron chi connectivity index (χ2n) is 6.39. The first-order valence-corrected chi connectivity index (χ1v) is 9.86. The highest BCUT2D eigenvalue weighted by Gasteiger charge is 2.20. The number of thioether (sulfide) groups is 1. The van der Waals surface area contributed by atoms with Crippen LogP contribution < -0.4 is 5.32 Å². The maximum atomic E-state index is 13.9. The summed E-state index contributed by atoms with van der Waals surface area (Å²) in [5, 5.41) is 12.5. The van der Waals surface area contributed by atoms with Crippen molar-refractivity contribution in [3.63, 3.8) is 0 Å². The van der Waals surface area contributed by atoms with Gasteiger partial charge in [-0.25, -0.2) is 4.39 Å². The van der Waals surface area contributed by atoms with Gasteiger partial charge in [-0.05, 0) is 49.7 Å². The van der Waals surface area contributed by atoms with Crippen molar-refractivity contribution in [1.29, 1.82) is 0 Å². The topological polar surface area (TPSA) is 59.3 Å². The average Bonchev–Trinajstić information content (AvgIpc) is 3.06. The van der Waals surface area contributed by atoms with Crippen molar-refractivity contribution in [1.82, 2.24) is 14.6 Å². The molecule has 1 N–H and O–H groups in total. The normalized spacial score (nSPS) is 12.4. The van der Waals surface area contributed by atoms with Crippen LogP contribution in [0.15, 0.2) is 53.7 Å². The van der Waals surface area contributed by atoms with Crippen LogP contribution in [0.1, 0.15) is 12.5 Å². The quantitative estimate of drug-likeness (QED) is 0.472. The molecule has 0 saturated carbocycles. The van der Waals surface area contributed by atoms with Crippen molar-refractivity contribution in [2.45, 2.75) is 24.3 Å². The van der Waals surface area contributed by atoms with E-state index in [1.165, 1.54) is 23.9 Å². The minimum atomic E-state index is -0.576. The van der Waals surface area contributed by atoms with Gasteiger partial charge in [-0.2, -0.15) is 0 Å². The molecule has 4 aromatic rings. The third kappa shape index (κ3) is 3.43. The summed E-state index contributed by atoms with van der Waals surface area (Å²) in [6, 6.07) is 14.1. The highest BCUT2D eigenvalue weighted by atomic mass is 35.5. The van der Waals surface area contributed by atoms with Gasteiger partial charge in [0.15, 0.2) is 10.8 Å². The van der Waals surface area contributed by atoms with Gasteiger partial charge in [-0.1, -0.05) is 41.6 Å². The highest BCUT2D eigenvalue weighted by Crippen LogP contribution is 2.28. The van der Waals surface area contributed by atoms with Crippen LogP contribution in [0, 0.1) is 12.7 Å². The van der Waals surface area contributed by atoms with E-state index >= 15 is 0 Å². The fraction of sp³-hybridized carbons (Fsp3) is 0.150. The predicted molar refractivity (Wildman–Crippen MR) is 111 cm³/mol. The Labute approximate surface area is 169 Å². The van der Waals surface area contributed by atoms with Gasteiger partial charge < -0.3 is 5.32 Å². The summed E-state index contributed by atoms with van der Waals surface area (Å²) in [6.45, 7) is 3.77. The number of nitrogens with one attached hydrogen (secondary N) is 1. The number of anilines is 1. The molecule has 1 amide bonds. The van der Waals surface area contributed by atoms with E-state index in [0.29, 0.717) is 5.16 Å². The van der Waals surface area contributed by atoms with Crippen molar-refractivity contribution >= 4 is 51.5 Å². The molecule has 0 aliphatic heterocycles. The summed E-state index contributed by atoms with van der Waals surface area (Å²) in [4.78, 5) is 12.5. The minimum absolute atomic E-state index is 0.0917. The molecule has 0 radical (unpaired) electrons. The Hall–Kier alpha value is -2.64. The number of aromatic nitrogens is 3. The van der Waals surface area contributed by atoms with E-state index in [1.807, 2.05) is 41.7 Å². The third-order valence-corrected chi connectivity index (χ3v) is 5.69. The summed E-state index contributed by atoms with van der Waals surface area (Å²) >= 11 is 7.02.